The van der Waals surface area contributed by atoms with Gasteiger partial charge in [0, 0.05) is 12.5 Å². The van der Waals surface area contributed by atoms with Gasteiger partial charge in [-0.25, -0.2) is 0 Å². The molecule has 1 aliphatic rings. The second-order valence-corrected chi connectivity index (χ2v) is 8.03. The maximum Gasteiger partial charge on any atom is 0.223 e. The summed E-state index contributed by atoms with van der Waals surface area (Å²) in [4.78, 5) is 15.1. The summed E-state index contributed by atoms with van der Waals surface area (Å²) in [5, 5.41) is 3.13. The Balaban J connectivity index is 1.40. The van der Waals surface area contributed by atoms with Gasteiger partial charge in [-0.15, -0.1) is 0 Å². The summed E-state index contributed by atoms with van der Waals surface area (Å²) in [5.74, 6) is 1.15. The van der Waals surface area contributed by atoms with Crippen molar-refractivity contribution in [1.29, 1.82) is 0 Å². The molecule has 0 unspecified atom stereocenters. The van der Waals surface area contributed by atoms with Crippen LogP contribution in [0.1, 0.15) is 36.5 Å². The van der Waals surface area contributed by atoms with Crippen molar-refractivity contribution < 1.29 is 9.53 Å². The Morgan fingerprint density at radius 1 is 1.14 bits per heavy atom. The first-order valence-electron chi connectivity index (χ1n) is 10.3. The van der Waals surface area contributed by atoms with Crippen LogP contribution in [0.3, 0.4) is 0 Å². The minimum Gasteiger partial charge on any atom is -0.491 e. The number of likely N-dealkylation sites (tertiary alicyclic amines) is 1. The molecule has 150 valence electrons. The number of nitrogens with one attached hydrogen (secondary N) is 1. The van der Waals surface area contributed by atoms with Crippen LogP contribution in [0.5, 0.6) is 5.75 Å². The Labute approximate surface area is 168 Å². The summed E-state index contributed by atoms with van der Waals surface area (Å²) in [6.45, 7) is 9.57. The molecule has 28 heavy (non-hydrogen) atoms. The van der Waals surface area contributed by atoms with E-state index in [-0.39, 0.29) is 17.9 Å². The highest BCUT2D eigenvalue weighted by Gasteiger charge is 2.25. The van der Waals surface area contributed by atoms with Gasteiger partial charge in [0.05, 0.1) is 6.04 Å². The zero-order valence-corrected chi connectivity index (χ0v) is 17.3. The fourth-order valence-corrected chi connectivity index (χ4v) is 3.76. The van der Waals surface area contributed by atoms with E-state index in [9.17, 15) is 4.79 Å². The van der Waals surface area contributed by atoms with Crippen LogP contribution < -0.4 is 10.1 Å². The number of nitrogens with zero attached hydrogens (tertiary/aromatic N) is 1. The smallest absolute Gasteiger partial charge is 0.223 e. The van der Waals surface area contributed by atoms with Crippen molar-refractivity contribution in [3.63, 3.8) is 0 Å². The quantitative estimate of drug-likeness (QED) is 0.786. The molecule has 4 nitrogen and oxygen atoms in total. The predicted octanol–water partition coefficient (Wildman–Crippen LogP) is 4.10. The van der Waals surface area contributed by atoms with Crippen molar-refractivity contribution in [1.82, 2.24) is 10.2 Å². The lowest BCUT2D eigenvalue weighted by Gasteiger charge is -2.32. The van der Waals surface area contributed by atoms with Gasteiger partial charge in [0.25, 0.3) is 0 Å². The first-order chi connectivity index (χ1) is 13.5. The molecule has 1 fully saturated rings. The van der Waals surface area contributed by atoms with Crippen LogP contribution in [0.25, 0.3) is 0 Å². The summed E-state index contributed by atoms with van der Waals surface area (Å²) in [5.41, 5.74) is 3.76. The maximum atomic E-state index is 12.6. The molecular formula is C24H32N2O2. The Bertz CT molecular complexity index is 782. The molecule has 0 spiro atoms. The normalized spacial score (nSPS) is 16.5. The third-order valence-corrected chi connectivity index (χ3v) is 5.42. The van der Waals surface area contributed by atoms with E-state index in [1.165, 1.54) is 11.1 Å². The van der Waals surface area contributed by atoms with Crippen LogP contribution in [-0.2, 0) is 11.3 Å². The monoisotopic (exact) mass is 380 g/mol. The van der Waals surface area contributed by atoms with E-state index < -0.39 is 0 Å². The number of aryl methyl sites for hydroxylation is 2. The molecule has 0 radical (unpaired) electrons. The number of rotatable bonds is 7. The molecule has 2 aromatic rings. The van der Waals surface area contributed by atoms with Gasteiger partial charge in [-0.05, 0) is 63.9 Å². The van der Waals surface area contributed by atoms with Gasteiger partial charge in [-0.2, -0.15) is 0 Å². The van der Waals surface area contributed by atoms with Crippen LogP contribution >= 0.6 is 0 Å². The number of ether oxygens (including phenoxy) is 1. The van der Waals surface area contributed by atoms with Gasteiger partial charge in [0.1, 0.15) is 12.4 Å². The maximum absolute atomic E-state index is 12.6. The van der Waals surface area contributed by atoms with Crippen molar-refractivity contribution in [2.45, 2.75) is 46.2 Å². The van der Waals surface area contributed by atoms with Gasteiger partial charge in [-0.1, -0.05) is 48.0 Å². The molecule has 0 bridgehead atoms. The van der Waals surface area contributed by atoms with Crippen LogP contribution in [0, 0.1) is 19.8 Å². The molecule has 0 aliphatic carbocycles. The molecule has 0 aromatic heterocycles. The SMILES string of the molecule is Cc1cccc(CN2CCC(C(=O)N[C@H](C)COc3ccccc3C)CC2)c1. The van der Waals surface area contributed by atoms with Gasteiger partial charge >= 0.3 is 0 Å². The Morgan fingerprint density at radius 2 is 1.89 bits per heavy atom. The van der Waals surface area contributed by atoms with Crippen molar-refractivity contribution in [2.24, 2.45) is 5.92 Å². The third kappa shape index (κ3) is 5.83. The zero-order chi connectivity index (χ0) is 19.9. The topological polar surface area (TPSA) is 41.6 Å². The molecule has 4 heteroatoms. The first-order valence-corrected chi connectivity index (χ1v) is 10.3. The van der Waals surface area contributed by atoms with E-state index in [4.69, 9.17) is 4.74 Å². The fraction of sp³-hybridized carbons (Fsp3) is 0.458. The van der Waals surface area contributed by atoms with Gasteiger partial charge in [0.15, 0.2) is 0 Å². The lowest BCUT2D eigenvalue weighted by Crippen LogP contribution is -2.44. The summed E-state index contributed by atoms with van der Waals surface area (Å²) in [6.07, 6.45) is 1.84. The molecule has 1 N–H and O–H groups in total. The Hall–Kier alpha value is -2.33. The highest BCUT2D eigenvalue weighted by atomic mass is 16.5. The van der Waals surface area contributed by atoms with Crippen molar-refractivity contribution in [2.75, 3.05) is 19.7 Å². The van der Waals surface area contributed by atoms with Crippen molar-refractivity contribution in [3.8, 4) is 5.75 Å². The van der Waals surface area contributed by atoms with Crippen LogP contribution in [0.15, 0.2) is 48.5 Å². The number of para-hydroxylation sites is 1. The highest BCUT2D eigenvalue weighted by molar-refractivity contribution is 5.79. The first kappa shape index (κ1) is 20.4. The molecule has 1 heterocycles. The summed E-state index contributed by atoms with van der Waals surface area (Å²) >= 11 is 0. The Morgan fingerprint density at radius 3 is 2.61 bits per heavy atom. The number of piperidine rings is 1. The van der Waals surface area contributed by atoms with Crippen molar-refractivity contribution in [3.05, 3.63) is 65.2 Å². The molecule has 2 aromatic carbocycles. The van der Waals surface area contributed by atoms with Crippen LogP contribution in [0.4, 0.5) is 0 Å². The van der Waals surface area contributed by atoms with Crippen LogP contribution in [-0.4, -0.2) is 36.5 Å². The number of benzene rings is 2. The molecule has 0 saturated carbocycles. The van der Waals surface area contributed by atoms with Gasteiger partial charge in [-0.3, -0.25) is 9.69 Å². The molecule has 3 rings (SSSR count). The summed E-state index contributed by atoms with van der Waals surface area (Å²) < 4.78 is 5.86. The lowest BCUT2D eigenvalue weighted by molar-refractivity contribution is -0.127. The van der Waals surface area contributed by atoms with E-state index in [0.717, 1.165) is 43.8 Å². The van der Waals surface area contributed by atoms with Gasteiger partial charge < -0.3 is 10.1 Å². The average molecular weight is 381 g/mol. The van der Waals surface area contributed by atoms with E-state index in [1.807, 2.05) is 38.1 Å². The molecular weight excluding hydrogens is 348 g/mol. The highest BCUT2D eigenvalue weighted by Crippen LogP contribution is 2.20. The van der Waals surface area contributed by atoms with E-state index in [2.05, 4.69) is 41.4 Å². The Kier molecular flexibility index (Phi) is 7.10. The molecule has 1 saturated heterocycles. The lowest BCUT2D eigenvalue weighted by atomic mass is 9.95. The molecule has 1 amide bonds. The van der Waals surface area contributed by atoms with E-state index >= 15 is 0 Å². The number of amides is 1. The van der Waals surface area contributed by atoms with E-state index in [0.29, 0.717) is 6.61 Å². The zero-order valence-electron chi connectivity index (χ0n) is 17.3. The number of hydrogen-bond donors (Lipinski definition) is 1. The number of hydrogen-bond acceptors (Lipinski definition) is 3. The van der Waals surface area contributed by atoms with E-state index in [1.54, 1.807) is 0 Å². The fourth-order valence-electron chi connectivity index (χ4n) is 3.76. The van der Waals surface area contributed by atoms with Crippen molar-refractivity contribution >= 4 is 5.91 Å². The second-order valence-electron chi connectivity index (χ2n) is 8.03. The minimum atomic E-state index is -0.00238. The summed E-state index contributed by atoms with van der Waals surface area (Å²) in [7, 11) is 0. The van der Waals surface area contributed by atoms with Crippen LogP contribution in [0.2, 0.25) is 0 Å². The summed E-state index contributed by atoms with van der Waals surface area (Å²) in [6, 6.07) is 16.6. The number of carbonyl (C=O) groups excluding carboxylic acids is 1. The molecule has 1 atom stereocenters. The average Bonchev–Trinajstić information content (AvgIpc) is 2.68. The third-order valence-electron chi connectivity index (χ3n) is 5.42. The number of carbonyl (C=O) groups is 1. The minimum absolute atomic E-state index is 0.00238. The largest absolute Gasteiger partial charge is 0.491 e. The molecule has 1 aliphatic heterocycles. The predicted molar refractivity (Wildman–Crippen MR) is 113 cm³/mol. The second kappa shape index (κ2) is 9.74. The van der Waals surface area contributed by atoms with Gasteiger partial charge in [0.2, 0.25) is 5.91 Å². The standard InChI is InChI=1S/C24H32N2O2/c1-18-7-6-9-21(15-18)16-26-13-11-22(12-14-26)24(27)25-20(3)17-28-23-10-5-4-8-19(23)2/h4-10,15,20,22H,11-14,16-17H2,1-3H3,(H,25,27)/t20-/m1/s1.